The normalized spacial score (nSPS) is 16.3. The third-order valence-electron chi connectivity index (χ3n) is 1.85. The van der Waals surface area contributed by atoms with Crippen LogP contribution in [0.2, 0.25) is 0 Å². The Hall–Kier alpha value is 0.0900. The fraction of sp³-hybridized carbons (Fsp3) is 0.800. The highest BCUT2D eigenvalue weighted by molar-refractivity contribution is 7.80. The van der Waals surface area contributed by atoms with E-state index in [1.165, 1.54) is 5.57 Å². The quantitative estimate of drug-likeness (QED) is 0.488. The van der Waals surface area contributed by atoms with Gasteiger partial charge in [-0.2, -0.15) is 12.6 Å². The lowest BCUT2D eigenvalue weighted by molar-refractivity contribution is 0.462. The first-order valence-corrected chi connectivity index (χ1v) is 4.80. The molecule has 0 amide bonds. The van der Waals surface area contributed by atoms with Crippen LogP contribution in [0, 0.1) is 11.8 Å². The Kier molecular flexibility index (Phi) is 4.91. The van der Waals surface area contributed by atoms with Crippen molar-refractivity contribution in [3.63, 3.8) is 0 Å². The molecular weight excluding hydrogens is 152 g/mol. The van der Waals surface area contributed by atoms with Gasteiger partial charge in [-0.05, 0) is 25.7 Å². The summed E-state index contributed by atoms with van der Waals surface area (Å²) in [5, 5.41) is 0.463. The molecule has 0 aromatic rings. The maximum atomic E-state index is 4.46. The minimum absolute atomic E-state index is 0.463. The van der Waals surface area contributed by atoms with Crippen LogP contribution in [0.3, 0.4) is 0 Å². The Morgan fingerprint density at radius 2 is 1.64 bits per heavy atom. The zero-order valence-electron chi connectivity index (χ0n) is 8.26. The first-order valence-electron chi connectivity index (χ1n) is 4.28. The summed E-state index contributed by atoms with van der Waals surface area (Å²) in [4.78, 5) is 0. The number of allylic oxidation sites excluding steroid dienone is 2. The number of thiol groups is 1. The van der Waals surface area contributed by atoms with Crippen molar-refractivity contribution in [3.8, 4) is 0 Å². The van der Waals surface area contributed by atoms with E-state index in [0.29, 0.717) is 17.1 Å². The highest BCUT2D eigenvalue weighted by Crippen LogP contribution is 2.21. The van der Waals surface area contributed by atoms with Crippen LogP contribution in [0.5, 0.6) is 0 Å². The van der Waals surface area contributed by atoms with E-state index in [2.05, 4.69) is 53.3 Å². The minimum Gasteiger partial charge on any atom is -0.176 e. The molecule has 0 aromatic heterocycles. The summed E-state index contributed by atoms with van der Waals surface area (Å²) < 4.78 is 0. The Bertz CT molecular complexity index is 122. The highest BCUT2D eigenvalue weighted by atomic mass is 32.1. The SMILES string of the molecule is CC(C)=CC(C(C)C)C(C)S. The zero-order valence-corrected chi connectivity index (χ0v) is 9.15. The van der Waals surface area contributed by atoms with Crippen molar-refractivity contribution in [3.05, 3.63) is 11.6 Å². The Morgan fingerprint density at radius 1 is 1.18 bits per heavy atom. The standard InChI is InChI=1S/C10H20S/c1-7(2)6-10(8(3)4)9(5)11/h6,8-11H,1-5H3. The van der Waals surface area contributed by atoms with Crippen molar-refractivity contribution in [1.82, 2.24) is 0 Å². The van der Waals surface area contributed by atoms with Crippen molar-refractivity contribution in [2.24, 2.45) is 11.8 Å². The molecule has 2 unspecified atom stereocenters. The lowest BCUT2D eigenvalue weighted by Crippen LogP contribution is -2.15. The van der Waals surface area contributed by atoms with Crippen molar-refractivity contribution >= 4 is 12.6 Å². The van der Waals surface area contributed by atoms with E-state index in [1.807, 2.05) is 0 Å². The molecule has 0 bridgehead atoms. The van der Waals surface area contributed by atoms with Crippen LogP contribution in [0.4, 0.5) is 0 Å². The second-order valence-electron chi connectivity index (χ2n) is 3.81. The summed E-state index contributed by atoms with van der Waals surface area (Å²) in [6.07, 6.45) is 2.32. The van der Waals surface area contributed by atoms with E-state index in [4.69, 9.17) is 0 Å². The molecule has 0 heterocycles. The second-order valence-corrected chi connectivity index (χ2v) is 4.62. The van der Waals surface area contributed by atoms with Gasteiger partial charge in [-0.15, -0.1) is 0 Å². The zero-order chi connectivity index (χ0) is 9.02. The monoisotopic (exact) mass is 172 g/mol. The average Bonchev–Trinajstić information content (AvgIpc) is 1.81. The Labute approximate surface area is 76.5 Å². The smallest absolute Gasteiger partial charge is 0.00538 e. The van der Waals surface area contributed by atoms with Crippen LogP contribution < -0.4 is 0 Å². The molecule has 0 saturated heterocycles. The van der Waals surface area contributed by atoms with Crippen molar-refractivity contribution in [2.75, 3.05) is 0 Å². The third kappa shape index (κ3) is 4.52. The van der Waals surface area contributed by atoms with Gasteiger partial charge in [0.25, 0.3) is 0 Å². The van der Waals surface area contributed by atoms with Crippen LogP contribution in [-0.2, 0) is 0 Å². The molecule has 66 valence electrons. The number of rotatable bonds is 3. The predicted octanol–water partition coefficient (Wildman–Crippen LogP) is 3.54. The van der Waals surface area contributed by atoms with Crippen molar-refractivity contribution < 1.29 is 0 Å². The summed E-state index contributed by atoms with van der Waals surface area (Å²) in [7, 11) is 0. The van der Waals surface area contributed by atoms with Gasteiger partial charge in [0.15, 0.2) is 0 Å². The van der Waals surface area contributed by atoms with E-state index in [9.17, 15) is 0 Å². The van der Waals surface area contributed by atoms with Gasteiger partial charge >= 0.3 is 0 Å². The average molecular weight is 172 g/mol. The van der Waals surface area contributed by atoms with Gasteiger partial charge in [-0.3, -0.25) is 0 Å². The van der Waals surface area contributed by atoms with Gasteiger partial charge in [-0.25, -0.2) is 0 Å². The lowest BCUT2D eigenvalue weighted by atomic mass is 9.91. The lowest BCUT2D eigenvalue weighted by Gasteiger charge is -2.20. The molecular formula is C10H20S. The van der Waals surface area contributed by atoms with Crippen LogP contribution in [0.15, 0.2) is 11.6 Å². The maximum Gasteiger partial charge on any atom is 0.00538 e. The summed E-state index contributed by atoms with van der Waals surface area (Å²) in [5.41, 5.74) is 1.39. The van der Waals surface area contributed by atoms with E-state index in [-0.39, 0.29) is 0 Å². The fourth-order valence-electron chi connectivity index (χ4n) is 1.27. The Balaban J connectivity index is 4.24. The summed E-state index contributed by atoms with van der Waals surface area (Å²) >= 11 is 4.46. The highest BCUT2D eigenvalue weighted by Gasteiger charge is 2.14. The molecule has 0 fully saturated rings. The molecule has 0 radical (unpaired) electrons. The minimum atomic E-state index is 0.463. The van der Waals surface area contributed by atoms with E-state index >= 15 is 0 Å². The molecule has 0 aliphatic carbocycles. The number of hydrogen-bond acceptors (Lipinski definition) is 1. The molecule has 0 nitrogen and oxygen atoms in total. The van der Waals surface area contributed by atoms with Gasteiger partial charge in [-0.1, -0.05) is 32.4 Å². The molecule has 0 aliphatic heterocycles. The fourth-order valence-corrected chi connectivity index (χ4v) is 1.70. The maximum absolute atomic E-state index is 4.46. The Morgan fingerprint density at radius 3 is 1.73 bits per heavy atom. The van der Waals surface area contributed by atoms with Crippen LogP contribution in [0.25, 0.3) is 0 Å². The molecule has 0 rings (SSSR count). The molecule has 0 N–H and O–H groups in total. The molecule has 0 aliphatic rings. The molecule has 1 heteroatoms. The van der Waals surface area contributed by atoms with Crippen LogP contribution in [-0.4, -0.2) is 5.25 Å². The summed E-state index contributed by atoms with van der Waals surface area (Å²) in [6, 6.07) is 0. The van der Waals surface area contributed by atoms with Crippen LogP contribution >= 0.6 is 12.6 Å². The molecule has 2 atom stereocenters. The second kappa shape index (κ2) is 4.87. The molecule has 0 saturated carbocycles. The number of hydrogen-bond donors (Lipinski definition) is 1. The van der Waals surface area contributed by atoms with E-state index in [1.54, 1.807) is 0 Å². The van der Waals surface area contributed by atoms with Crippen LogP contribution in [0.1, 0.15) is 34.6 Å². The third-order valence-corrected chi connectivity index (χ3v) is 2.20. The van der Waals surface area contributed by atoms with E-state index < -0.39 is 0 Å². The van der Waals surface area contributed by atoms with Gasteiger partial charge in [0.2, 0.25) is 0 Å². The summed E-state index contributed by atoms with van der Waals surface area (Å²) in [6.45, 7) is 10.9. The predicted molar refractivity (Wildman–Crippen MR) is 56.2 cm³/mol. The summed E-state index contributed by atoms with van der Waals surface area (Å²) in [5.74, 6) is 1.31. The van der Waals surface area contributed by atoms with Gasteiger partial charge in [0.1, 0.15) is 0 Å². The molecule has 11 heavy (non-hydrogen) atoms. The van der Waals surface area contributed by atoms with Crippen molar-refractivity contribution in [2.45, 2.75) is 39.9 Å². The van der Waals surface area contributed by atoms with Crippen molar-refractivity contribution in [1.29, 1.82) is 0 Å². The topological polar surface area (TPSA) is 0 Å². The van der Waals surface area contributed by atoms with Gasteiger partial charge in [0, 0.05) is 5.25 Å². The molecule has 0 aromatic carbocycles. The van der Waals surface area contributed by atoms with Gasteiger partial charge < -0.3 is 0 Å². The first-order chi connectivity index (χ1) is 4.95. The first kappa shape index (κ1) is 11.1. The van der Waals surface area contributed by atoms with Gasteiger partial charge in [0.05, 0.1) is 0 Å². The largest absolute Gasteiger partial charge is 0.176 e. The van der Waals surface area contributed by atoms with E-state index in [0.717, 1.165) is 0 Å². The molecule has 0 spiro atoms.